The Hall–Kier alpha value is -1.51. The summed E-state index contributed by atoms with van der Waals surface area (Å²) in [4.78, 5) is 10.5. The van der Waals surface area contributed by atoms with E-state index in [0.717, 1.165) is 0 Å². The van der Waals surface area contributed by atoms with Crippen molar-refractivity contribution in [1.82, 2.24) is 5.32 Å². The van der Waals surface area contributed by atoms with Crippen LogP contribution in [0.2, 0.25) is 0 Å². The molecule has 1 amide bonds. The first-order chi connectivity index (χ1) is 6.93. The molecule has 3 heteroatoms. The molecule has 0 aliphatic heterocycles. The Kier molecular flexibility index (Phi) is 3.35. The molecule has 0 aromatic heterocycles. The second-order valence-corrected chi connectivity index (χ2v) is 4.36. The number of carboxylic acid groups (broad SMARTS) is 1. The molecule has 1 rings (SSSR count). The quantitative estimate of drug-likeness (QED) is 0.800. The van der Waals surface area contributed by atoms with Crippen molar-refractivity contribution >= 4 is 6.09 Å². The number of rotatable bonds is 3. The highest BCUT2D eigenvalue weighted by Gasteiger charge is 2.22. The van der Waals surface area contributed by atoms with Crippen molar-refractivity contribution in [3.8, 4) is 0 Å². The van der Waals surface area contributed by atoms with Crippen LogP contribution in [0.1, 0.15) is 25.0 Å². The summed E-state index contributed by atoms with van der Waals surface area (Å²) >= 11 is 0. The van der Waals surface area contributed by atoms with Crippen LogP contribution in [0.3, 0.4) is 0 Å². The molecule has 0 aliphatic carbocycles. The van der Waals surface area contributed by atoms with Gasteiger partial charge in [-0.2, -0.15) is 0 Å². The van der Waals surface area contributed by atoms with E-state index in [1.54, 1.807) is 0 Å². The van der Waals surface area contributed by atoms with Crippen LogP contribution in [0.25, 0.3) is 0 Å². The molecule has 82 valence electrons. The molecule has 0 atom stereocenters. The van der Waals surface area contributed by atoms with Crippen molar-refractivity contribution in [3.63, 3.8) is 0 Å². The standard InChI is InChI=1S/C12H17NO2/c1-9-6-4-5-7-10(9)12(2,3)8-13-11(14)15/h4-7,13H,8H2,1-3H3,(H,14,15). The molecular weight excluding hydrogens is 190 g/mol. The third-order valence-corrected chi connectivity index (χ3v) is 2.56. The zero-order valence-corrected chi connectivity index (χ0v) is 9.37. The fraction of sp³-hybridized carbons (Fsp3) is 0.417. The van der Waals surface area contributed by atoms with E-state index in [1.165, 1.54) is 11.1 Å². The van der Waals surface area contributed by atoms with Gasteiger partial charge in [-0.15, -0.1) is 0 Å². The van der Waals surface area contributed by atoms with E-state index < -0.39 is 6.09 Å². The predicted molar refractivity (Wildman–Crippen MR) is 60.2 cm³/mol. The summed E-state index contributed by atoms with van der Waals surface area (Å²) < 4.78 is 0. The Morgan fingerprint density at radius 2 is 2.00 bits per heavy atom. The second-order valence-electron chi connectivity index (χ2n) is 4.36. The van der Waals surface area contributed by atoms with Crippen molar-refractivity contribution in [2.75, 3.05) is 6.54 Å². The molecule has 3 nitrogen and oxygen atoms in total. The van der Waals surface area contributed by atoms with Crippen LogP contribution < -0.4 is 5.32 Å². The Morgan fingerprint density at radius 1 is 1.40 bits per heavy atom. The lowest BCUT2D eigenvalue weighted by atomic mass is 9.82. The van der Waals surface area contributed by atoms with E-state index in [0.29, 0.717) is 6.54 Å². The lowest BCUT2D eigenvalue weighted by molar-refractivity contribution is 0.192. The van der Waals surface area contributed by atoms with Crippen LogP contribution in [-0.2, 0) is 5.41 Å². The van der Waals surface area contributed by atoms with Gasteiger partial charge in [-0.25, -0.2) is 4.79 Å². The van der Waals surface area contributed by atoms with Gasteiger partial charge in [-0.3, -0.25) is 0 Å². The zero-order chi connectivity index (χ0) is 11.5. The highest BCUT2D eigenvalue weighted by molar-refractivity contribution is 5.64. The number of aryl methyl sites for hydroxylation is 1. The molecule has 0 aliphatic rings. The summed E-state index contributed by atoms with van der Waals surface area (Å²) in [6, 6.07) is 8.04. The number of hydrogen-bond donors (Lipinski definition) is 2. The summed E-state index contributed by atoms with van der Waals surface area (Å²) in [5.41, 5.74) is 2.19. The maximum absolute atomic E-state index is 10.5. The van der Waals surface area contributed by atoms with Gasteiger partial charge < -0.3 is 10.4 Å². The van der Waals surface area contributed by atoms with E-state index in [-0.39, 0.29) is 5.41 Å². The zero-order valence-electron chi connectivity index (χ0n) is 9.37. The Morgan fingerprint density at radius 3 is 2.53 bits per heavy atom. The van der Waals surface area contributed by atoms with E-state index in [1.807, 2.05) is 45.0 Å². The smallest absolute Gasteiger partial charge is 0.404 e. The summed E-state index contributed by atoms with van der Waals surface area (Å²) in [6.45, 7) is 6.53. The average molecular weight is 207 g/mol. The summed E-state index contributed by atoms with van der Waals surface area (Å²) in [5, 5.41) is 11.0. The number of amides is 1. The van der Waals surface area contributed by atoms with Crippen LogP contribution >= 0.6 is 0 Å². The monoisotopic (exact) mass is 207 g/mol. The topological polar surface area (TPSA) is 49.3 Å². The second kappa shape index (κ2) is 4.34. The minimum atomic E-state index is -0.975. The molecule has 1 aromatic rings. The van der Waals surface area contributed by atoms with Gasteiger partial charge in [0.2, 0.25) is 0 Å². The van der Waals surface area contributed by atoms with Crippen molar-refractivity contribution < 1.29 is 9.90 Å². The summed E-state index contributed by atoms with van der Waals surface area (Å²) in [6.07, 6.45) is -0.975. The fourth-order valence-corrected chi connectivity index (χ4v) is 1.72. The number of benzene rings is 1. The van der Waals surface area contributed by atoms with E-state index >= 15 is 0 Å². The number of nitrogens with one attached hydrogen (secondary N) is 1. The molecule has 0 spiro atoms. The Balaban J connectivity index is 2.85. The maximum Gasteiger partial charge on any atom is 0.404 e. The summed E-state index contributed by atoms with van der Waals surface area (Å²) in [5.74, 6) is 0. The molecule has 1 aromatic carbocycles. The SMILES string of the molecule is Cc1ccccc1C(C)(C)CNC(=O)O. The molecule has 0 heterocycles. The average Bonchev–Trinajstić information content (AvgIpc) is 2.15. The summed E-state index contributed by atoms with van der Waals surface area (Å²) in [7, 11) is 0. The van der Waals surface area contributed by atoms with Gasteiger partial charge in [0, 0.05) is 12.0 Å². The first-order valence-electron chi connectivity index (χ1n) is 4.96. The highest BCUT2D eigenvalue weighted by Crippen LogP contribution is 2.25. The third kappa shape index (κ3) is 2.98. The molecule has 15 heavy (non-hydrogen) atoms. The minimum Gasteiger partial charge on any atom is -0.465 e. The van der Waals surface area contributed by atoms with Gasteiger partial charge in [0.15, 0.2) is 0 Å². The lowest BCUT2D eigenvalue weighted by Crippen LogP contribution is -2.36. The highest BCUT2D eigenvalue weighted by atomic mass is 16.4. The lowest BCUT2D eigenvalue weighted by Gasteiger charge is -2.26. The van der Waals surface area contributed by atoms with Gasteiger partial charge in [0.1, 0.15) is 0 Å². The molecule has 0 saturated carbocycles. The van der Waals surface area contributed by atoms with Crippen LogP contribution in [0.5, 0.6) is 0 Å². The van der Waals surface area contributed by atoms with Gasteiger partial charge in [-0.1, -0.05) is 38.1 Å². The fourth-order valence-electron chi connectivity index (χ4n) is 1.72. The predicted octanol–water partition coefficient (Wildman–Crippen LogP) is 2.54. The van der Waals surface area contributed by atoms with E-state index in [4.69, 9.17) is 5.11 Å². The largest absolute Gasteiger partial charge is 0.465 e. The third-order valence-electron chi connectivity index (χ3n) is 2.56. The van der Waals surface area contributed by atoms with Gasteiger partial charge in [0.25, 0.3) is 0 Å². The Bertz CT molecular complexity index is 358. The molecule has 0 radical (unpaired) electrons. The van der Waals surface area contributed by atoms with Crippen LogP contribution in [-0.4, -0.2) is 17.7 Å². The minimum absolute atomic E-state index is 0.177. The molecule has 2 N–H and O–H groups in total. The molecular formula is C12H17NO2. The molecule has 0 fully saturated rings. The van der Waals surface area contributed by atoms with Crippen LogP contribution in [0, 0.1) is 6.92 Å². The molecule has 0 bridgehead atoms. The molecule has 0 saturated heterocycles. The van der Waals surface area contributed by atoms with Crippen LogP contribution in [0.4, 0.5) is 4.79 Å². The van der Waals surface area contributed by atoms with Gasteiger partial charge in [0.05, 0.1) is 0 Å². The molecule has 0 unspecified atom stereocenters. The normalized spacial score (nSPS) is 11.1. The first kappa shape index (κ1) is 11.6. The van der Waals surface area contributed by atoms with Crippen molar-refractivity contribution in [3.05, 3.63) is 35.4 Å². The number of hydrogen-bond acceptors (Lipinski definition) is 1. The Labute approximate surface area is 90.1 Å². The van der Waals surface area contributed by atoms with Crippen molar-refractivity contribution in [2.45, 2.75) is 26.2 Å². The van der Waals surface area contributed by atoms with E-state index in [2.05, 4.69) is 5.32 Å². The maximum atomic E-state index is 10.5. The first-order valence-corrected chi connectivity index (χ1v) is 4.96. The van der Waals surface area contributed by atoms with Crippen molar-refractivity contribution in [1.29, 1.82) is 0 Å². The number of carbonyl (C=O) groups is 1. The van der Waals surface area contributed by atoms with Gasteiger partial charge in [-0.05, 0) is 18.1 Å². The van der Waals surface area contributed by atoms with Gasteiger partial charge >= 0.3 is 6.09 Å². The van der Waals surface area contributed by atoms with Crippen molar-refractivity contribution in [2.24, 2.45) is 0 Å². The van der Waals surface area contributed by atoms with E-state index in [9.17, 15) is 4.79 Å². The van der Waals surface area contributed by atoms with Crippen LogP contribution in [0.15, 0.2) is 24.3 Å².